The zero-order chi connectivity index (χ0) is 20.2. The van der Waals surface area contributed by atoms with Gasteiger partial charge in [0.2, 0.25) is 0 Å². The zero-order valence-electron chi connectivity index (χ0n) is 16.1. The predicted octanol–water partition coefficient (Wildman–Crippen LogP) is 4.45. The van der Waals surface area contributed by atoms with Gasteiger partial charge in [-0.3, -0.25) is 4.79 Å². The van der Waals surface area contributed by atoms with Crippen LogP contribution in [0.1, 0.15) is 31.7 Å². The Morgan fingerprint density at radius 1 is 1.11 bits per heavy atom. The summed E-state index contributed by atoms with van der Waals surface area (Å²) in [7, 11) is 1.59. The summed E-state index contributed by atoms with van der Waals surface area (Å²) in [5, 5.41) is 4.38. The minimum Gasteiger partial charge on any atom is -0.493 e. The van der Waals surface area contributed by atoms with Crippen molar-refractivity contribution < 1.29 is 19.0 Å². The number of methoxy groups -OCH3 is 1. The van der Waals surface area contributed by atoms with Crippen LogP contribution in [0.25, 0.3) is 0 Å². The van der Waals surface area contributed by atoms with Crippen molar-refractivity contribution in [3.8, 4) is 17.2 Å². The van der Waals surface area contributed by atoms with E-state index in [2.05, 4.69) is 17.5 Å². The van der Waals surface area contributed by atoms with Crippen molar-refractivity contribution in [1.29, 1.82) is 0 Å². The molecule has 0 spiro atoms. The van der Waals surface area contributed by atoms with Gasteiger partial charge in [0.25, 0.3) is 5.91 Å². The lowest BCUT2D eigenvalue weighted by atomic mass is 10.2. The summed E-state index contributed by atoms with van der Waals surface area (Å²) in [6, 6.07) is 12.4. The average Bonchev–Trinajstić information content (AvgIpc) is 2.71. The molecule has 0 saturated carbocycles. The molecule has 7 heteroatoms. The molecule has 0 atom stereocenters. The second-order valence-corrected chi connectivity index (χ2v) is 6.39. The Bertz CT molecular complexity index is 796. The van der Waals surface area contributed by atoms with Gasteiger partial charge in [0.15, 0.2) is 18.1 Å². The van der Waals surface area contributed by atoms with Gasteiger partial charge in [0.1, 0.15) is 5.75 Å². The third kappa shape index (κ3) is 7.12. The maximum Gasteiger partial charge on any atom is 0.277 e. The minimum absolute atomic E-state index is 0.186. The molecule has 1 amide bonds. The van der Waals surface area contributed by atoms with Gasteiger partial charge in [-0.1, -0.05) is 43.5 Å². The molecular weight excluding hydrogens is 380 g/mol. The molecule has 6 nitrogen and oxygen atoms in total. The molecule has 1 N–H and O–H groups in total. The van der Waals surface area contributed by atoms with Crippen LogP contribution >= 0.6 is 11.6 Å². The Labute approximate surface area is 170 Å². The lowest BCUT2D eigenvalue weighted by Crippen LogP contribution is -2.24. The number of amides is 1. The summed E-state index contributed by atoms with van der Waals surface area (Å²) in [5.41, 5.74) is 3.18. The van der Waals surface area contributed by atoms with Crippen molar-refractivity contribution in [1.82, 2.24) is 5.43 Å². The molecule has 2 aromatic carbocycles. The standard InChI is InChI=1S/C21H25ClN2O4/c1-3-4-7-12-27-19-11-10-16(13-20(19)26-2)14-23-24-21(25)15-28-18-9-6-5-8-17(18)22/h5-6,8-11,13-14H,3-4,7,12,15H2,1-2H3,(H,24,25)/b23-14+. The number of hydrazone groups is 1. The summed E-state index contributed by atoms with van der Waals surface area (Å²) in [6.45, 7) is 2.62. The number of para-hydroxylation sites is 1. The summed E-state index contributed by atoms with van der Waals surface area (Å²) in [6.07, 6.45) is 4.81. The molecule has 0 aliphatic rings. The van der Waals surface area contributed by atoms with Gasteiger partial charge in [-0.2, -0.15) is 5.10 Å². The smallest absolute Gasteiger partial charge is 0.277 e. The molecule has 0 saturated heterocycles. The number of hydrogen-bond acceptors (Lipinski definition) is 5. The van der Waals surface area contributed by atoms with Gasteiger partial charge in [-0.25, -0.2) is 5.43 Å². The van der Waals surface area contributed by atoms with E-state index in [1.54, 1.807) is 37.4 Å². The van der Waals surface area contributed by atoms with E-state index >= 15 is 0 Å². The van der Waals surface area contributed by atoms with Gasteiger partial charge < -0.3 is 14.2 Å². The van der Waals surface area contributed by atoms with Gasteiger partial charge in [0, 0.05) is 0 Å². The van der Waals surface area contributed by atoms with Crippen LogP contribution in [-0.4, -0.2) is 32.4 Å². The molecule has 0 heterocycles. The number of carbonyl (C=O) groups is 1. The molecule has 0 unspecified atom stereocenters. The molecule has 2 aromatic rings. The van der Waals surface area contributed by atoms with Crippen LogP contribution in [0.2, 0.25) is 5.02 Å². The van der Waals surface area contributed by atoms with E-state index in [0.29, 0.717) is 28.9 Å². The highest BCUT2D eigenvalue weighted by atomic mass is 35.5. The fraction of sp³-hybridized carbons (Fsp3) is 0.333. The highest BCUT2D eigenvalue weighted by molar-refractivity contribution is 6.32. The van der Waals surface area contributed by atoms with Gasteiger partial charge in [-0.15, -0.1) is 0 Å². The number of halogens is 1. The van der Waals surface area contributed by atoms with E-state index in [0.717, 1.165) is 24.8 Å². The summed E-state index contributed by atoms with van der Waals surface area (Å²) >= 11 is 5.97. The Hall–Kier alpha value is -2.73. The highest BCUT2D eigenvalue weighted by Gasteiger charge is 2.06. The van der Waals surface area contributed by atoms with Crippen molar-refractivity contribution in [2.24, 2.45) is 5.10 Å². The number of benzene rings is 2. The molecule has 0 aliphatic heterocycles. The zero-order valence-corrected chi connectivity index (χ0v) is 16.9. The van der Waals surface area contributed by atoms with Crippen LogP contribution < -0.4 is 19.6 Å². The fourth-order valence-corrected chi connectivity index (χ4v) is 2.52. The van der Waals surface area contributed by atoms with E-state index in [4.69, 9.17) is 25.8 Å². The Morgan fingerprint density at radius 3 is 2.68 bits per heavy atom. The number of nitrogens with zero attached hydrogens (tertiary/aromatic N) is 1. The quantitative estimate of drug-likeness (QED) is 0.341. The van der Waals surface area contributed by atoms with Gasteiger partial charge >= 0.3 is 0 Å². The van der Waals surface area contributed by atoms with E-state index in [1.165, 1.54) is 6.21 Å². The van der Waals surface area contributed by atoms with Crippen molar-refractivity contribution >= 4 is 23.7 Å². The van der Waals surface area contributed by atoms with Crippen molar-refractivity contribution in [2.75, 3.05) is 20.3 Å². The molecule has 2 rings (SSSR count). The van der Waals surface area contributed by atoms with Crippen LogP contribution in [0.3, 0.4) is 0 Å². The molecule has 0 fully saturated rings. The lowest BCUT2D eigenvalue weighted by Gasteiger charge is -2.11. The van der Waals surface area contributed by atoms with Crippen molar-refractivity contribution in [2.45, 2.75) is 26.2 Å². The van der Waals surface area contributed by atoms with Crippen LogP contribution in [0.15, 0.2) is 47.6 Å². The van der Waals surface area contributed by atoms with E-state index in [1.807, 2.05) is 12.1 Å². The molecule has 0 radical (unpaired) electrons. The van der Waals surface area contributed by atoms with Crippen molar-refractivity contribution in [3.63, 3.8) is 0 Å². The SMILES string of the molecule is CCCCCOc1ccc(/C=N/NC(=O)COc2ccccc2Cl)cc1OC. The summed E-state index contributed by atoms with van der Waals surface area (Å²) < 4.78 is 16.5. The summed E-state index contributed by atoms with van der Waals surface area (Å²) in [4.78, 5) is 11.8. The molecule has 0 bridgehead atoms. The number of carbonyl (C=O) groups excluding carboxylic acids is 1. The van der Waals surface area contributed by atoms with Crippen LogP contribution in [-0.2, 0) is 4.79 Å². The van der Waals surface area contributed by atoms with Crippen LogP contribution in [0.4, 0.5) is 0 Å². The number of rotatable bonds is 11. The second kappa shape index (κ2) is 11.9. The van der Waals surface area contributed by atoms with E-state index < -0.39 is 0 Å². The van der Waals surface area contributed by atoms with E-state index in [-0.39, 0.29) is 12.5 Å². The maximum atomic E-state index is 11.8. The van der Waals surface area contributed by atoms with Crippen LogP contribution in [0.5, 0.6) is 17.2 Å². The molecule has 150 valence electrons. The van der Waals surface area contributed by atoms with Gasteiger partial charge in [-0.05, 0) is 42.3 Å². The first-order valence-corrected chi connectivity index (χ1v) is 9.52. The summed E-state index contributed by atoms with van der Waals surface area (Å²) in [5.74, 6) is 1.36. The maximum absolute atomic E-state index is 11.8. The molecule has 0 aromatic heterocycles. The first-order valence-electron chi connectivity index (χ1n) is 9.14. The van der Waals surface area contributed by atoms with E-state index in [9.17, 15) is 4.79 Å². The third-order valence-corrected chi connectivity index (χ3v) is 4.10. The first kappa shape index (κ1) is 21.6. The highest BCUT2D eigenvalue weighted by Crippen LogP contribution is 2.27. The Morgan fingerprint density at radius 2 is 1.93 bits per heavy atom. The lowest BCUT2D eigenvalue weighted by molar-refractivity contribution is -0.123. The number of ether oxygens (including phenoxy) is 3. The normalized spacial score (nSPS) is 10.7. The third-order valence-electron chi connectivity index (χ3n) is 3.79. The molecular formula is C21H25ClN2O4. The Kier molecular flexibility index (Phi) is 9.15. The molecule has 0 aliphatic carbocycles. The van der Waals surface area contributed by atoms with Gasteiger partial charge in [0.05, 0.1) is 25.0 Å². The van der Waals surface area contributed by atoms with Crippen molar-refractivity contribution in [3.05, 3.63) is 53.1 Å². The first-order chi connectivity index (χ1) is 13.6. The predicted molar refractivity (Wildman–Crippen MR) is 111 cm³/mol. The minimum atomic E-state index is -0.390. The average molecular weight is 405 g/mol. The monoisotopic (exact) mass is 404 g/mol. The number of hydrogen-bond donors (Lipinski definition) is 1. The van der Waals surface area contributed by atoms with Crippen LogP contribution in [0, 0.1) is 0 Å². The Balaban J connectivity index is 1.84. The number of unbranched alkanes of at least 4 members (excludes halogenated alkanes) is 2. The topological polar surface area (TPSA) is 69.2 Å². The molecule has 28 heavy (non-hydrogen) atoms. The second-order valence-electron chi connectivity index (χ2n) is 5.98. The number of nitrogens with one attached hydrogen (secondary N) is 1. The largest absolute Gasteiger partial charge is 0.493 e. The fourth-order valence-electron chi connectivity index (χ4n) is 2.33.